The highest BCUT2D eigenvalue weighted by Gasteiger charge is 2.40. The molecule has 27 heteroatoms. The van der Waals surface area contributed by atoms with Gasteiger partial charge in [-0.1, -0.05) is 116 Å². The first-order valence-electron chi connectivity index (χ1n) is 46.0. The molecule has 6 atom stereocenters. The van der Waals surface area contributed by atoms with Gasteiger partial charge in [-0.05, 0) is 198 Å². The van der Waals surface area contributed by atoms with Crippen molar-refractivity contribution in [2.24, 2.45) is 5.92 Å². The first kappa shape index (κ1) is 91.3. The highest BCUT2D eigenvalue weighted by molar-refractivity contribution is 14.0. The van der Waals surface area contributed by atoms with E-state index in [1.165, 1.54) is 111 Å². The second kappa shape index (κ2) is 42.6. The molecular formula is C99H134IN17O9. The fourth-order valence-electron chi connectivity index (χ4n) is 20.1. The molecule has 0 N–H and O–H groups in total. The number of hydrogen-bond donors (Lipinski definition) is 0. The van der Waals surface area contributed by atoms with Crippen LogP contribution in [-0.4, -0.2) is 276 Å². The van der Waals surface area contributed by atoms with Gasteiger partial charge in [0.25, 0.3) is 0 Å². The number of piperazine rings is 2. The van der Waals surface area contributed by atoms with Crippen molar-refractivity contribution in [1.82, 2.24) is 54.4 Å². The zero-order valence-corrected chi connectivity index (χ0v) is 78.1. The number of nitrogens with zero attached hydrogens (tertiary/aromatic N) is 17. The van der Waals surface area contributed by atoms with Crippen LogP contribution < -0.4 is 43.6 Å². The van der Waals surface area contributed by atoms with Crippen LogP contribution in [0.5, 0.6) is 18.0 Å². The van der Waals surface area contributed by atoms with E-state index in [2.05, 4.69) is 199 Å². The highest BCUT2D eigenvalue weighted by atomic mass is 127. The van der Waals surface area contributed by atoms with Gasteiger partial charge >= 0.3 is 24.1 Å². The summed E-state index contributed by atoms with van der Waals surface area (Å²) in [6.45, 7) is 27.4. The van der Waals surface area contributed by atoms with Gasteiger partial charge in [-0.3, -0.25) is 4.79 Å². The summed E-state index contributed by atoms with van der Waals surface area (Å²) in [4.78, 5) is 81.6. The standard InChI is InChI=1S/C35H48N6O4.C33H42N6O3.C31H41N5O2.HI.H2/c1-35(2,3)45-34(42)41-20-19-40(22-26(41)16-21-43-5)32-29-15-18-39(31-14-8-11-25-10-6-7-13-28(25)31)23-30(29)36-33(37-32)44-24-27-12-9-17-38(27)4;1-4-31(40)39-19-18-38(21-25(39)15-20-41-3)32-28-14-17-37(30-13-7-10-24-9-5-6-12-27(24)30)22-29(28)34-33(35-32)42-23-26-11-8-16-36(26)2;1-34-16-7-11-25(34)22-38-31-32-28-21-35(29-13-5-10-24-9-3-4-12-26(24)29)18-14-27(28)30(33-31)36-17-6-8-23(20-36)15-19-37-2;;/h6-8,10-11,13-14,26-27H,9,12,15-24H2,1-5H3;4-7,9-10,12-13,25-26H,1,8,11,14-23H2,2-3H3;3-5,9-10,12-13,23,25H,6-8,11,14-22H2,1-2H3;2*1H/t26-,27-;25-,26-;23-,25-;;/m000../s1. The summed E-state index contributed by atoms with van der Waals surface area (Å²) in [5, 5.41) is 7.55. The van der Waals surface area contributed by atoms with Crippen LogP contribution in [0.3, 0.4) is 0 Å². The third-order valence-corrected chi connectivity index (χ3v) is 27.1. The molecule has 6 fully saturated rings. The number of fused-ring (bicyclic) bond motifs is 6. The normalized spacial score (nSPS) is 21.2. The van der Waals surface area contributed by atoms with E-state index in [9.17, 15) is 9.59 Å². The van der Waals surface area contributed by atoms with Crippen molar-refractivity contribution in [3.63, 3.8) is 0 Å². The van der Waals surface area contributed by atoms with Crippen molar-refractivity contribution in [3.05, 3.63) is 174 Å². The predicted octanol–water partition coefficient (Wildman–Crippen LogP) is 14.8. The molecule has 676 valence electrons. The van der Waals surface area contributed by atoms with Crippen LogP contribution in [-0.2, 0) is 62.6 Å². The number of aromatic nitrogens is 6. The molecule has 0 aliphatic carbocycles. The molecule has 126 heavy (non-hydrogen) atoms. The summed E-state index contributed by atoms with van der Waals surface area (Å²) >= 11 is 0. The van der Waals surface area contributed by atoms with Crippen LogP contribution in [0.25, 0.3) is 32.3 Å². The maximum absolute atomic E-state index is 13.2. The van der Waals surface area contributed by atoms with Gasteiger partial charge in [-0.25, -0.2) is 4.79 Å². The lowest BCUT2D eigenvalue weighted by Gasteiger charge is -2.43. The number of hydrogen-bond acceptors (Lipinski definition) is 24. The largest absolute Gasteiger partial charge is 0.462 e. The van der Waals surface area contributed by atoms with E-state index < -0.39 is 5.60 Å². The van der Waals surface area contributed by atoms with Gasteiger partial charge in [0.05, 0.1) is 48.8 Å². The number of likely N-dealkylation sites (N-methyl/N-ethyl adjacent to an activating group) is 3. The van der Waals surface area contributed by atoms with Gasteiger partial charge in [-0.15, -0.1) is 24.0 Å². The average molecular weight is 1830 g/mol. The number of anilines is 6. The number of rotatable bonds is 25. The molecule has 9 aliphatic heterocycles. The Morgan fingerprint density at radius 2 is 0.770 bits per heavy atom. The first-order valence-corrected chi connectivity index (χ1v) is 46.0. The quantitative estimate of drug-likeness (QED) is 0.0384. The van der Waals surface area contributed by atoms with E-state index in [0.29, 0.717) is 134 Å². The van der Waals surface area contributed by atoms with Crippen molar-refractivity contribution in [2.45, 2.75) is 166 Å². The van der Waals surface area contributed by atoms with Crippen LogP contribution in [0.1, 0.15) is 127 Å². The first-order chi connectivity index (χ1) is 60.9. The molecule has 0 spiro atoms. The van der Waals surface area contributed by atoms with Crippen LogP contribution in [0.15, 0.2) is 140 Å². The Bertz CT molecular complexity index is 5170. The number of carbonyl (C=O) groups excluding carboxylic acids is 2. The molecule has 2 amide bonds. The molecule has 3 aromatic heterocycles. The number of methoxy groups -OCH3 is 3. The Kier molecular flexibility index (Phi) is 30.9. The molecule has 12 heterocycles. The van der Waals surface area contributed by atoms with Crippen molar-refractivity contribution in [1.29, 1.82) is 0 Å². The molecule has 0 bridgehead atoms. The summed E-state index contributed by atoms with van der Waals surface area (Å²) in [7, 11) is 11.7. The monoisotopic (exact) mass is 1830 g/mol. The average Bonchev–Trinajstić information content (AvgIpc) is 0.789. The number of piperidine rings is 1. The molecule has 18 rings (SSSR count). The van der Waals surface area contributed by atoms with Crippen molar-refractivity contribution < 1.29 is 44.2 Å². The van der Waals surface area contributed by atoms with Crippen molar-refractivity contribution >= 4 is 103 Å². The number of likely N-dealkylation sites (tertiary alicyclic amines) is 3. The minimum Gasteiger partial charge on any atom is -0.462 e. The van der Waals surface area contributed by atoms with Crippen molar-refractivity contribution in [3.8, 4) is 18.0 Å². The predicted molar refractivity (Wildman–Crippen MR) is 514 cm³/mol. The number of carbonyl (C=O) groups is 2. The zero-order chi connectivity index (χ0) is 86.5. The fraction of sp³-hybridized carbons (Fsp3) is 0.535. The minimum atomic E-state index is -0.554. The lowest BCUT2D eigenvalue weighted by Crippen LogP contribution is -2.57. The van der Waals surface area contributed by atoms with Crippen LogP contribution in [0, 0.1) is 5.92 Å². The highest BCUT2D eigenvalue weighted by Crippen LogP contribution is 2.41. The maximum atomic E-state index is 13.2. The van der Waals surface area contributed by atoms with Crippen LogP contribution in [0.2, 0.25) is 0 Å². The van der Waals surface area contributed by atoms with Crippen LogP contribution in [0.4, 0.5) is 39.3 Å². The summed E-state index contributed by atoms with van der Waals surface area (Å²) in [5.41, 5.74) is 9.98. The smallest absolute Gasteiger partial charge is 0.410 e. The molecule has 9 aliphatic rings. The number of benzene rings is 6. The Balaban J connectivity index is 0.000000154. The van der Waals surface area contributed by atoms with E-state index in [1.807, 2.05) is 30.6 Å². The van der Waals surface area contributed by atoms with Gasteiger partial charge in [-0.2, -0.15) is 29.9 Å². The summed E-state index contributed by atoms with van der Waals surface area (Å²) in [6, 6.07) is 48.0. The summed E-state index contributed by atoms with van der Waals surface area (Å²) < 4.78 is 41.0. The molecule has 0 radical (unpaired) electrons. The van der Waals surface area contributed by atoms with Crippen molar-refractivity contribution in [2.75, 3.05) is 203 Å². The SMILES string of the molecule is C=CC(=O)N1CCN(c2nc(OC[C@@H]3CCCN3C)nc3c2CCN(c2cccc4ccccc24)C3)C[C@@H]1CCOC.COCC[C@@H]1CCCN(c2nc(OC[C@@H]3CCCN3C)nc3c2CCN(c2cccc4ccccc24)C3)C1.COCC[C@H]1CN(c2nc(OC[C@@H]3CCCN3C)nc3c2CCN(c2cccc4ccccc24)C3)CCN1C(=O)OC(C)(C)C.I.[HH]. The maximum Gasteiger partial charge on any atom is 0.410 e. The molecule has 6 aromatic carbocycles. The van der Waals surface area contributed by atoms with Gasteiger partial charge in [0.2, 0.25) is 5.91 Å². The second-order valence-corrected chi connectivity index (χ2v) is 36.4. The van der Waals surface area contributed by atoms with Gasteiger partial charge in [0, 0.05) is 183 Å². The Morgan fingerprint density at radius 1 is 0.413 bits per heavy atom. The third kappa shape index (κ3) is 21.7. The van der Waals surface area contributed by atoms with E-state index >= 15 is 0 Å². The summed E-state index contributed by atoms with van der Waals surface area (Å²) in [6.07, 6.45) is 15.8. The number of ether oxygens (including phenoxy) is 7. The molecular weight excluding hydrogens is 1700 g/mol. The van der Waals surface area contributed by atoms with E-state index in [0.717, 1.165) is 145 Å². The molecule has 9 aromatic rings. The Hall–Kier alpha value is -9.49. The molecule has 6 saturated heterocycles. The van der Waals surface area contributed by atoms with Gasteiger partial charge < -0.3 is 87.1 Å². The number of halogens is 1. The van der Waals surface area contributed by atoms with Gasteiger partial charge in [0.1, 0.15) is 42.9 Å². The van der Waals surface area contributed by atoms with Crippen LogP contribution >= 0.6 is 24.0 Å². The third-order valence-electron chi connectivity index (χ3n) is 27.1. The lowest BCUT2D eigenvalue weighted by atomic mass is 9.94. The van der Waals surface area contributed by atoms with E-state index in [4.69, 9.17) is 63.1 Å². The molecule has 26 nitrogen and oxygen atoms in total. The van der Waals surface area contributed by atoms with E-state index in [-0.39, 0.29) is 49.5 Å². The summed E-state index contributed by atoms with van der Waals surface area (Å²) in [5.74, 6) is 3.58. The van der Waals surface area contributed by atoms with Gasteiger partial charge in [0.15, 0.2) is 0 Å². The Morgan fingerprint density at radius 3 is 1.14 bits per heavy atom. The lowest BCUT2D eigenvalue weighted by molar-refractivity contribution is -0.129. The zero-order valence-electron chi connectivity index (χ0n) is 75.7. The molecule has 0 saturated carbocycles. The number of amides is 2. The topological polar surface area (TPSA) is 212 Å². The van der Waals surface area contributed by atoms with E-state index in [1.54, 1.807) is 21.3 Å². The second-order valence-electron chi connectivity index (χ2n) is 36.4. The Labute approximate surface area is 763 Å². The minimum absolute atomic E-state index is 0. The molecule has 0 unspecified atom stereocenters. The fourth-order valence-corrected chi connectivity index (χ4v) is 20.1.